The van der Waals surface area contributed by atoms with Crippen LogP contribution < -0.4 is 0 Å². The standard InChI is InChI=1S/C30H51NO2/c1-13-22(3)25(6)27(19-24(5)29(7,8)9)31-20-23(4)28(32)18-16-15-17-26(14-2)21-33-30(10,11)12/h16,18-20,22,26H,4,13-15,17,21H2,1-3,5-12H3/b18-16+,24-19+,27-25+,31-20?. The summed E-state index contributed by atoms with van der Waals surface area (Å²) in [7, 11) is 0. The molecule has 0 saturated carbocycles. The number of hydrogen-bond acceptors (Lipinski definition) is 3. The molecular formula is C30H51NO2. The summed E-state index contributed by atoms with van der Waals surface area (Å²) in [5.74, 6) is 0.844. The van der Waals surface area contributed by atoms with E-state index < -0.39 is 0 Å². The first-order chi connectivity index (χ1) is 15.1. The molecule has 2 atom stereocenters. The second-order valence-electron chi connectivity index (χ2n) is 11.3. The van der Waals surface area contributed by atoms with E-state index in [1.165, 1.54) is 11.1 Å². The van der Waals surface area contributed by atoms with Crippen LogP contribution in [0.3, 0.4) is 0 Å². The summed E-state index contributed by atoms with van der Waals surface area (Å²) in [4.78, 5) is 17.2. The van der Waals surface area contributed by atoms with Crippen molar-refractivity contribution >= 4 is 12.0 Å². The topological polar surface area (TPSA) is 38.7 Å². The predicted molar refractivity (Wildman–Crippen MR) is 146 cm³/mol. The van der Waals surface area contributed by atoms with E-state index in [1.54, 1.807) is 12.3 Å². The second kappa shape index (κ2) is 14.5. The van der Waals surface area contributed by atoms with E-state index in [1.807, 2.05) is 6.08 Å². The number of nitrogens with zero attached hydrogens (tertiary/aromatic N) is 1. The molecule has 0 rings (SSSR count). The number of aliphatic imine (C=N–C) groups is 1. The number of carbonyl (C=O) groups excluding carboxylic acids is 1. The van der Waals surface area contributed by atoms with Gasteiger partial charge in [0.1, 0.15) is 0 Å². The van der Waals surface area contributed by atoms with Crippen LogP contribution in [0.5, 0.6) is 0 Å². The van der Waals surface area contributed by atoms with Crippen molar-refractivity contribution in [2.45, 2.75) is 107 Å². The van der Waals surface area contributed by atoms with Gasteiger partial charge in [0.25, 0.3) is 0 Å². The highest BCUT2D eigenvalue weighted by molar-refractivity contribution is 6.17. The molecule has 0 aliphatic rings. The van der Waals surface area contributed by atoms with E-state index >= 15 is 0 Å². The van der Waals surface area contributed by atoms with E-state index in [2.05, 4.69) is 88.8 Å². The van der Waals surface area contributed by atoms with E-state index in [0.29, 0.717) is 17.4 Å². The van der Waals surface area contributed by atoms with Crippen molar-refractivity contribution in [3.63, 3.8) is 0 Å². The second-order valence-corrected chi connectivity index (χ2v) is 11.3. The van der Waals surface area contributed by atoms with Crippen LogP contribution in [0.15, 0.2) is 52.2 Å². The Balaban J connectivity index is 5.20. The predicted octanol–water partition coefficient (Wildman–Crippen LogP) is 8.67. The molecule has 0 aromatic heterocycles. The van der Waals surface area contributed by atoms with Gasteiger partial charge in [0.15, 0.2) is 5.78 Å². The molecule has 3 heteroatoms. The Morgan fingerprint density at radius 2 is 1.67 bits per heavy atom. The number of ketones is 1. The van der Waals surface area contributed by atoms with Gasteiger partial charge in [0.2, 0.25) is 0 Å². The largest absolute Gasteiger partial charge is 0.376 e. The molecule has 2 unspecified atom stereocenters. The quantitative estimate of drug-likeness (QED) is 0.158. The number of allylic oxidation sites excluding steroid dienone is 6. The fourth-order valence-electron chi connectivity index (χ4n) is 2.85. The zero-order valence-corrected chi connectivity index (χ0v) is 23.5. The third-order valence-corrected chi connectivity index (χ3v) is 6.31. The molecule has 0 fully saturated rings. The van der Waals surface area contributed by atoms with Crippen LogP contribution in [-0.4, -0.2) is 24.2 Å². The maximum atomic E-state index is 12.5. The average Bonchev–Trinajstić information content (AvgIpc) is 2.72. The third-order valence-electron chi connectivity index (χ3n) is 6.31. The van der Waals surface area contributed by atoms with Gasteiger partial charge in [-0.1, -0.05) is 66.2 Å². The van der Waals surface area contributed by atoms with Crippen molar-refractivity contribution in [1.29, 1.82) is 0 Å². The van der Waals surface area contributed by atoms with Crippen molar-refractivity contribution in [3.05, 3.63) is 47.2 Å². The maximum Gasteiger partial charge on any atom is 0.186 e. The van der Waals surface area contributed by atoms with Crippen molar-refractivity contribution in [1.82, 2.24) is 0 Å². The lowest BCUT2D eigenvalue weighted by Gasteiger charge is -2.23. The number of ether oxygens (including phenoxy) is 1. The highest BCUT2D eigenvalue weighted by Gasteiger charge is 2.15. The summed E-state index contributed by atoms with van der Waals surface area (Å²) in [6.07, 6.45) is 11.3. The van der Waals surface area contributed by atoms with Crippen LogP contribution in [-0.2, 0) is 9.53 Å². The Hall–Kier alpha value is -1.74. The van der Waals surface area contributed by atoms with Crippen LogP contribution in [0.1, 0.15) is 102 Å². The van der Waals surface area contributed by atoms with E-state index in [-0.39, 0.29) is 16.8 Å². The number of hydrogen-bond donors (Lipinski definition) is 0. The fraction of sp³-hybridized carbons (Fsp3) is 0.667. The molecule has 188 valence electrons. The first-order valence-corrected chi connectivity index (χ1v) is 12.6. The van der Waals surface area contributed by atoms with Crippen LogP contribution in [0.25, 0.3) is 0 Å². The van der Waals surface area contributed by atoms with Gasteiger partial charge in [-0.05, 0) is 88.9 Å². The molecule has 0 radical (unpaired) electrons. The molecule has 0 N–H and O–H groups in total. The summed E-state index contributed by atoms with van der Waals surface area (Å²) in [6, 6.07) is 0. The van der Waals surface area contributed by atoms with Crippen molar-refractivity contribution in [2.24, 2.45) is 22.2 Å². The lowest BCUT2D eigenvalue weighted by Crippen LogP contribution is -2.23. The Labute approximate surface area is 205 Å². The minimum absolute atomic E-state index is 0.0698. The van der Waals surface area contributed by atoms with Gasteiger partial charge in [-0.25, -0.2) is 0 Å². The summed E-state index contributed by atoms with van der Waals surface area (Å²) in [5, 5.41) is 0. The van der Waals surface area contributed by atoms with Crippen molar-refractivity contribution < 1.29 is 9.53 Å². The monoisotopic (exact) mass is 457 g/mol. The minimum Gasteiger partial charge on any atom is -0.376 e. The lowest BCUT2D eigenvalue weighted by atomic mass is 9.86. The zero-order valence-electron chi connectivity index (χ0n) is 23.5. The molecule has 3 nitrogen and oxygen atoms in total. The molecule has 0 amide bonds. The highest BCUT2D eigenvalue weighted by atomic mass is 16.5. The molecule has 0 aliphatic carbocycles. The lowest BCUT2D eigenvalue weighted by molar-refractivity contribution is -0.110. The third kappa shape index (κ3) is 13.5. The molecule has 0 aromatic rings. The normalized spacial score (nSPS) is 16.3. The first kappa shape index (κ1) is 31.3. The van der Waals surface area contributed by atoms with Gasteiger partial charge in [-0.3, -0.25) is 9.79 Å². The Morgan fingerprint density at radius 3 is 2.15 bits per heavy atom. The molecule has 0 spiro atoms. The summed E-state index contributed by atoms with van der Waals surface area (Å²) in [5.41, 5.74) is 3.79. The molecule has 0 saturated heterocycles. The van der Waals surface area contributed by atoms with Gasteiger partial charge in [-0.15, -0.1) is 0 Å². The highest BCUT2D eigenvalue weighted by Crippen LogP contribution is 2.28. The SMILES string of the molecule is C=C(C=NC(/C=C(\C)C(C)(C)C)=C(\C)C(C)CC)C(=O)/C=C/CCC(CC)COC(C)(C)C. The van der Waals surface area contributed by atoms with Gasteiger partial charge < -0.3 is 4.74 Å². The fourth-order valence-corrected chi connectivity index (χ4v) is 2.85. The van der Waals surface area contributed by atoms with Gasteiger partial charge in [0.05, 0.1) is 17.9 Å². The Morgan fingerprint density at radius 1 is 1.06 bits per heavy atom. The van der Waals surface area contributed by atoms with Gasteiger partial charge in [0, 0.05) is 11.8 Å². The zero-order chi connectivity index (χ0) is 25.8. The summed E-state index contributed by atoms with van der Waals surface area (Å²) < 4.78 is 5.91. The minimum atomic E-state index is -0.114. The van der Waals surface area contributed by atoms with E-state index in [9.17, 15) is 4.79 Å². The molecular weight excluding hydrogens is 406 g/mol. The van der Waals surface area contributed by atoms with Crippen molar-refractivity contribution in [3.8, 4) is 0 Å². The smallest absolute Gasteiger partial charge is 0.186 e. The maximum absolute atomic E-state index is 12.5. The molecule has 33 heavy (non-hydrogen) atoms. The van der Waals surface area contributed by atoms with Crippen LogP contribution in [0, 0.1) is 17.3 Å². The first-order valence-electron chi connectivity index (χ1n) is 12.6. The summed E-state index contributed by atoms with van der Waals surface area (Å²) in [6.45, 7) is 28.4. The molecule has 0 heterocycles. The van der Waals surface area contributed by atoms with Gasteiger partial charge >= 0.3 is 0 Å². The summed E-state index contributed by atoms with van der Waals surface area (Å²) >= 11 is 0. The van der Waals surface area contributed by atoms with E-state index in [0.717, 1.165) is 38.0 Å². The van der Waals surface area contributed by atoms with Crippen LogP contribution in [0.4, 0.5) is 0 Å². The van der Waals surface area contributed by atoms with Crippen LogP contribution >= 0.6 is 0 Å². The number of rotatable bonds is 13. The van der Waals surface area contributed by atoms with Gasteiger partial charge in [-0.2, -0.15) is 0 Å². The molecule has 0 aromatic carbocycles. The molecule has 0 aliphatic heterocycles. The Bertz CT molecular complexity index is 751. The Kier molecular flexibility index (Phi) is 13.7. The molecule has 0 bridgehead atoms. The average molecular weight is 458 g/mol. The van der Waals surface area contributed by atoms with Crippen LogP contribution in [0.2, 0.25) is 0 Å². The van der Waals surface area contributed by atoms with E-state index in [4.69, 9.17) is 9.73 Å². The van der Waals surface area contributed by atoms with Crippen molar-refractivity contribution in [2.75, 3.05) is 6.61 Å². The number of carbonyl (C=O) groups is 1.